The van der Waals surface area contributed by atoms with E-state index < -0.39 is 11.7 Å². The SMILES string of the molecule is NC(=S)c1ccc(NCc2cccc(C(F)(F)F)c2)cn1. The van der Waals surface area contributed by atoms with Gasteiger partial charge in [0.25, 0.3) is 0 Å². The van der Waals surface area contributed by atoms with Crippen LogP contribution in [-0.4, -0.2) is 9.97 Å². The summed E-state index contributed by atoms with van der Waals surface area (Å²) in [5.74, 6) is 0. The number of anilines is 1. The Morgan fingerprint density at radius 1 is 1.24 bits per heavy atom. The van der Waals surface area contributed by atoms with E-state index in [2.05, 4.69) is 10.3 Å². The first-order valence-electron chi connectivity index (χ1n) is 6.02. The van der Waals surface area contributed by atoms with Gasteiger partial charge in [0, 0.05) is 6.54 Å². The first-order valence-corrected chi connectivity index (χ1v) is 6.43. The van der Waals surface area contributed by atoms with Gasteiger partial charge in [0.2, 0.25) is 0 Å². The zero-order chi connectivity index (χ0) is 15.5. The molecule has 3 nitrogen and oxygen atoms in total. The molecule has 0 aliphatic carbocycles. The fourth-order valence-corrected chi connectivity index (χ4v) is 1.83. The van der Waals surface area contributed by atoms with Gasteiger partial charge < -0.3 is 11.1 Å². The van der Waals surface area contributed by atoms with Crippen LogP contribution in [0.3, 0.4) is 0 Å². The fourth-order valence-electron chi connectivity index (χ4n) is 1.71. The molecule has 110 valence electrons. The predicted molar refractivity (Wildman–Crippen MR) is 78.9 cm³/mol. The second kappa shape index (κ2) is 6.09. The highest BCUT2D eigenvalue weighted by Crippen LogP contribution is 2.29. The molecule has 0 fully saturated rings. The molecule has 3 N–H and O–H groups in total. The monoisotopic (exact) mass is 311 g/mol. The van der Waals surface area contributed by atoms with Crippen molar-refractivity contribution in [2.24, 2.45) is 5.73 Å². The van der Waals surface area contributed by atoms with Crippen molar-refractivity contribution < 1.29 is 13.2 Å². The quantitative estimate of drug-likeness (QED) is 0.850. The van der Waals surface area contributed by atoms with Crippen LogP contribution in [0.5, 0.6) is 0 Å². The lowest BCUT2D eigenvalue weighted by Gasteiger charge is -2.10. The average Bonchev–Trinajstić information content (AvgIpc) is 2.45. The van der Waals surface area contributed by atoms with E-state index in [0.29, 0.717) is 16.9 Å². The van der Waals surface area contributed by atoms with E-state index in [1.807, 2.05) is 0 Å². The maximum absolute atomic E-state index is 12.6. The van der Waals surface area contributed by atoms with Gasteiger partial charge in [0.1, 0.15) is 4.99 Å². The van der Waals surface area contributed by atoms with Gasteiger partial charge >= 0.3 is 6.18 Å². The minimum Gasteiger partial charge on any atom is -0.388 e. The largest absolute Gasteiger partial charge is 0.416 e. The molecule has 0 bridgehead atoms. The number of aromatic nitrogens is 1. The van der Waals surface area contributed by atoms with Crippen LogP contribution in [-0.2, 0) is 12.7 Å². The molecule has 0 spiro atoms. The number of hydrogen-bond donors (Lipinski definition) is 2. The van der Waals surface area contributed by atoms with Crippen LogP contribution in [0, 0.1) is 0 Å². The Kier molecular flexibility index (Phi) is 4.42. The molecule has 1 heterocycles. The Morgan fingerprint density at radius 3 is 2.57 bits per heavy atom. The third-order valence-electron chi connectivity index (χ3n) is 2.77. The van der Waals surface area contributed by atoms with E-state index in [1.54, 1.807) is 18.2 Å². The number of halogens is 3. The van der Waals surface area contributed by atoms with Gasteiger partial charge in [-0.15, -0.1) is 0 Å². The van der Waals surface area contributed by atoms with Crippen molar-refractivity contribution in [2.75, 3.05) is 5.32 Å². The van der Waals surface area contributed by atoms with Crippen LogP contribution in [0.4, 0.5) is 18.9 Å². The highest BCUT2D eigenvalue weighted by atomic mass is 32.1. The lowest BCUT2D eigenvalue weighted by atomic mass is 10.1. The summed E-state index contributed by atoms with van der Waals surface area (Å²) >= 11 is 4.78. The van der Waals surface area contributed by atoms with E-state index in [0.717, 1.165) is 12.1 Å². The maximum Gasteiger partial charge on any atom is 0.416 e. The van der Waals surface area contributed by atoms with Crippen LogP contribution in [0.2, 0.25) is 0 Å². The summed E-state index contributed by atoms with van der Waals surface area (Å²) in [6.07, 6.45) is -2.81. The summed E-state index contributed by atoms with van der Waals surface area (Å²) in [5, 5.41) is 2.99. The van der Waals surface area contributed by atoms with E-state index >= 15 is 0 Å². The third kappa shape index (κ3) is 4.16. The third-order valence-corrected chi connectivity index (χ3v) is 2.98. The minimum absolute atomic E-state index is 0.194. The van der Waals surface area contributed by atoms with Gasteiger partial charge in [0.05, 0.1) is 23.1 Å². The first kappa shape index (κ1) is 15.2. The minimum atomic E-state index is -4.34. The van der Waals surface area contributed by atoms with Crippen molar-refractivity contribution in [3.63, 3.8) is 0 Å². The van der Waals surface area contributed by atoms with Crippen molar-refractivity contribution in [3.8, 4) is 0 Å². The van der Waals surface area contributed by atoms with Crippen molar-refractivity contribution in [2.45, 2.75) is 12.7 Å². The highest BCUT2D eigenvalue weighted by Gasteiger charge is 2.30. The topological polar surface area (TPSA) is 50.9 Å². The Bertz CT molecular complexity index is 639. The number of benzene rings is 1. The van der Waals surface area contributed by atoms with Gasteiger partial charge in [-0.1, -0.05) is 24.4 Å². The lowest BCUT2D eigenvalue weighted by Crippen LogP contribution is -2.11. The van der Waals surface area contributed by atoms with Crippen molar-refractivity contribution >= 4 is 22.9 Å². The fraction of sp³-hybridized carbons (Fsp3) is 0.143. The van der Waals surface area contributed by atoms with E-state index in [1.165, 1.54) is 12.3 Å². The number of nitrogens with one attached hydrogen (secondary N) is 1. The zero-order valence-electron chi connectivity index (χ0n) is 10.8. The zero-order valence-corrected chi connectivity index (χ0v) is 11.6. The Labute approximate surface area is 125 Å². The first-order chi connectivity index (χ1) is 9.86. The van der Waals surface area contributed by atoms with Crippen molar-refractivity contribution in [3.05, 3.63) is 59.4 Å². The van der Waals surface area contributed by atoms with Crippen LogP contribution in [0.1, 0.15) is 16.8 Å². The van der Waals surface area contributed by atoms with Gasteiger partial charge in [-0.3, -0.25) is 4.98 Å². The molecule has 0 aliphatic rings. The number of nitrogens with two attached hydrogens (primary N) is 1. The molecule has 2 rings (SSSR count). The number of rotatable bonds is 4. The molecule has 0 aliphatic heterocycles. The molecule has 7 heteroatoms. The van der Waals surface area contributed by atoms with Gasteiger partial charge in [-0.25, -0.2) is 0 Å². The molecule has 21 heavy (non-hydrogen) atoms. The Morgan fingerprint density at radius 2 is 2.00 bits per heavy atom. The van der Waals surface area contributed by atoms with Crippen molar-refractivity contribution in [1.29, 1.82) is 0 Å². The standard InChI is InChI=1S/C14H12F3N3S/c15-14(16,17)10-3-1-2-9(6-10)7-19-11-4-5-12(13(18)21)20-8-11/h1-6,8,19H,7H2,(H2,18,21). The van der Waals surface area contributed by atoms with E-state index in [4.69, 9.17) is 18.0 Å². The van der Waals surface area contributed by atoms with Crippen LogP contribution < -0.4 is 11.1 Å². The van der Waals surface area contributed by atoms with Gasteiger partial charge in [-0.2, -0.15) is 13.2 Å². The molecular formula is C14H12F3N3S. The predicted octanol–water partition coefficient (Wildman–Crippen LogP) is 3.35. The smallest absolute Gasteiger partial charge is 0.388 e. The van der Waals surface area contributed by atoms with Crippen LogP contribution >= 0.6 is 12.2 Å². The van der Waals surface area contributed by atoms with Gasteiger partial charge in [-0.05, 0) is 29.8 Å². The summed E-state index contributed by atoms with van der Waals surface area (Å²) in [6.45, 7) is 0.262. The van der Waals surface area contributed by atoms with Crippen LogP contribution in [0.15, 0.2) is 42.6 Å². The number of pyridine rings is 1. The average molecular weight is 311 g/mol. The molecule has 0 saturated heterocycles. The molecule has 0 amide bonds. The summed E-state index contributed by atoms with van der Waals surface area (Å²) in [6, 6.07) is 8.53. The maximum atomic E-state index is 12.6. The molecular weight excluding hydrogens is 299 g/mol. The van der Waals surface area contributed by atoms with E-state index in [-0.39, 0.29) is 11.5 Å². The lowest BCUT2D eigenvalue weighted by molar-refractivity contribution is -0.137. The van der Waals surface area contributed by atoms with Crippen molar-refractivity contribution in [1.82, 2.24) is 4.98 Å². The van der Waals surface area contributed by atoms with Crippen LogP contribution in [0.25, 0.3) is 0 Å². The number of hydrogen-bond acceptors (Lipinski definition) is 3. The second-order valence-corrected chi connectivity index (χ2v) is 4.79. The Balaban J connectivity index is 2.04. The van der Waals surface area contributed by atoms with E-state index in [9.17, 15) is 13.2 Å². The molecule has 1 aromatic heterocycles. The second-order valence-electron chi connectivity index (χ2n) is 4.35. The molecule has 1 aromatic carbocycles. The highest BCUT2D eigenvalue weighted by molar-refractivity contribution is 7.80. The Hall–Kier alpha value is -2.15. The normalized spacial score (nSPS) is 11.2. The number of thiocarbonyl (C=S) groups is 1. The molecule has 0 unspecified atom stereocenters. The summed E-state index contributed by atoms with van der Waals surface area (Å²) in [7, 11) is 0. The summed E-state index contributed by atoms with van der Waals surface area (Å²) < 4.78 is 37.8. The molecule has 0 atom stereocenters. The summed E-state index contributed by atoms with van der Waals surface area (Å²) in [5.41, 5.74) is 6.46. The molecule has 2 aromatic rings. The number of nitrogens with zero attached hydrogens (tertiary/aromatic N) is 1. The molecule has 0 saturated carbocycles. The molecule has 0 radical (unpaired) electrons. The van der Waals surface area contributed by atoms with Gasteiger partial charge in [0.15, 0.2) is 0 Å². The number of alkyl halides is 3. The summed E-state index contributed by atoms with van der Waals surface area (Å²) in [4.78, 5) is 4.23.